The number of nitrogens with one attached hydrogen (secondary N) is 1. The molecule has 2 N–H and O–H groups in total. The molecule has 0 spiro atoms. The fourth-order valence-corrected chi connectivity index (χ4v) is 12.9. The molecule has 8 nitrogen and oxygen atoms in total. The zero-order chi connectivity index (χ0) is 62.6. The summed E-state index contributed by atoms with van der Waals surface area (Å²) in [6, 6.07) is -0.885. The number of hydrogen-bond donors (Lipinski definition) is 2. The number of phosphoric ester groups is 1. The molecule has 86 heavy (non-hydrogen) atoms. The van der Waals surface area contributed by atoms with Crippen molar-refractivity contribution in [2.24, 2.45) is 0 Å². The number of hydrogen-bond acceptors (Lipinski definition) is 6. The second-order valence-electron chi connectivity index (χ2n) is 28.1. The van der Waals surface area contributed by atoms with Crippen LogP contribution in [0.15, 0.2) is 24.3 Å². The fraction of sp³-hybridized carbons (Fsp3) is 0.935. The molecule has 0 aromatic heterocycles. The lowest BCUT2D eigenvalue weighted by Gasteiger charge is -2.29. The summed E-state index contributed by atoms with van der Waals surface area (Å²) in [6.45, 7) is 4.72. The van der Waals surface area contributed by atoms with Gasteiger partial charge in [-0.2, -0.15) is 0 Å². The minimum atomic E-state index is -4.60. The van der Waals surface area contributed by atoms with Gasteiger partial charge in [-0.1, -0.05) is 385 Å². The summed E-state index contributed by atoms with van der Waals surface area (Å²) < 4.78 is 23.5. The number of unbranched alkanes of at least 4 members (excludes halogenated alkanes) is 58. The van der Waals surface area contributed by atoms with Gasteiger partial charge in [0.1, 0.15) is 13.2 Å². The van der Waals surface area contributed by atoms with Crippen LogP contribution in [0.1, 0.15) is 412 Å². The van der Waals surface area contributed by atoms with Crippen LogP contribution in [-0.2, 0) is 18.4 Å². The van der Waals surface area contributed by atoms with Crippen LogP contribution >= 0.6 is 7.82 Å². The highest BCUT2D eigenvalue weighted by Gasteiger charge is 2.23. The van der Waals surface area contributed by atoms with Crippen LogP contribution in [0, 0.1) is 0 Å². The lowest BCUT2D eigenvalue weighted by Crippen LogP contribution is -2.45. The average Bonchev–Trinajstić information content (AvgIpc) is 3.70. The number of rotatable bonds is 73. The van der Waals surface area contributed by atoms with Crippen molar-refractivity contribution >= 4 is 13.7 Å². The summed E-state index contributed by atoms with van der Waals surface area (Å²) in [7, 11) is 1.28. The number of quaternary nitrogens is 1. The molecule has 0 bridgehead atoms. The van der Waals surface area contributed by atoms with Crippen LogP contribution in [0.2, 0.25) is 0 Å². The SMILES string of the molecule is CCCCCCCCCC/C=C\CCCCCCCCCCCCCCCCCCCCCCCCCCCC(=O)NC(COP(=O)([O-])OCC[N+](C)(C)C)C(O)/C=C/CCCCCCCCCCCCCCCCCCCCCCCCCCC. The van der Waals surface area contributed by atoms with Crippen molar-refractivity contribution in [3.8, 4) is 0 Å². The lowest BCUT2D eigenvalue weighted by atomic mass is 10.0. The maximum atomic E-state index is 13.1. The molecule has 9 heteroatoms. The monoisotopic (exact) mass is 1230 g/mol. The van der Waals surface area contributed by atoms with Crippen molar-refractivity contribution in [1.29, 1.82) is 0 Å². The van der Waals surface area contributed by atoms with Gasteiger partial charge in [-0.15, -0.1) is 0 Å². The van der Waals surface area contributed by atoms with E-state index in [1.54, 1.807) is 6.08 Å². The number of likely N-dealkylation sites (N-methyl/N-ethyl adjacent to an activating group) is 1. The number of amides is 1. The summed E-state index contributed by atoms with van der Waals surface area (Å²) in [6.07, 6.45) is 90.5. The molecule has 0 aliphatic rings. The van der Waals surface area contributed by atoms with Gasteiger partial charge in [0.25, 0.3) is 7.82 Å². The average molecular weight is 1230 g/mol. The summed E-state index contributed by atoms with van der Waals surface area (Å²) in [5, 5.41) is 14.0. The standard InChI is InChI=1S/C77H153N2O6P/c1-6-8-10-12-14-16-18-20-22-24-26-28-30-32-34-35-36-37-38-39-40-41-42-43-45-47-49-51-53-55-57-59-61-63-65-67-69-71-77(81)78-75(74-85-86(82,83)84-73-72-79(3,4)5)76(80)70-68-66-64-62-60-58-56-54-52-50-48-46-44-33-31-29-27-25-23-21-19-17-15-13-11-9-7-2/h24,26,68,70,75-76,80H,6-23,25,27-67,69,71-74H2,1-5H3,(H-,78,81,82,83)/b26-24-,70-68+. The second-order valence-corrected chi connectivity index (χ2v) is 29.5. The van der Waals surface area contributed by atoms with E-state index in [2.05, 4.69) is 31.3 Å². The molecule has 3 unspecified atom stereocenters. The van der Waals surface area contributed by atoms with Crippen molar-refractivity contribution < 1.29 is 32.9 Å². The van der Waals surface area contributed by atoms with E-state index >= 15 is 0 Å². The Kier molecular flexibility index (Phi) is 67.5. The van der Waals surface area contributed by atoms with E-state index in [4.69, 9.17) is 9.05 Å². The smallest absolute Gasteiger partial charge is 0.268 e. The normalized spacial score (nSPS) is 13.6. The van der Waals surface area contributed by atoms with Crippen molar-refractivity contribution in [2.45, 2.75) is 424 Å². The molecular formula is C77H153N2O6P. The fourth-order valence-electron chi connectivity index (χ4n) is 12.2. The molecule has 0 aromatic carbocycles. The Morgan fingerprint density at radius 2 is 0.640 bits per heavy atom. The molecule has 1 amide bonds. The molecule has 0 heterocycles. The van der Waals surface area contributed by atoms with Crippen LogP contribution in [-0.4, -0.2) is 68.5 Å². The number of aliphatic hydroxyl groups excluding tert-OH is 1. The third-order valence-electron chi connectivity index (χ3n) is 18.2. The zero-order valence-corrected chi connectivity index (χ0v) is 59.7. The first-order chi connectivity index (χ1) is 42.0. The molecule has 0 aliphatic heterocycles. The van der Waals surface area contributed by atoms with E-state index < -0.39 is 20.0 Å². The van der Waals surface area contributed by atoms with E-state index in [0.717, 1.165) is 38.5 Å². The van der Waals surface area contributed by atoms with Gasteiger partial charge in [0.2, 0.25) is 5.91 Å². The van der Waals surface area contributed by atoms with Crippen molar-refractivity contribution in [1.82, 2.24) is 5.32 Å². The maximum absolute atomic E-state index is 13.1. The Balaban J connectivity index is 3.94. The molecule has 0 aliphatic carbocycles. The number of phosphoric acid groups is 1. The first-order valence-corrected chi connectivity index (χ1v) is 40.2. The molecule has 0 rings (SSSR count). The van der Waals surface area contributed by atoms with Crippen LogP contribution in [0.25, 0.3) is 0 Å². The zero-order valence-electron chi connectivity index (χ0n) is 58.8. The third-order valence-corrected chi connectivity index (χ3v) is 19.1. The minimum Gasteiger partial charge on any atom is -0.756 e. The molecular weight excluding hydrogens is 1080 g/mol. The number of allylic oxidation sites excluding steroid dienone is 3. The van der Waals surface area contributed by atoms with Crippen molar-refractivity contribution in [3.63, 3.8) is 0 Å². The Labute approximate surface area is 538 Å². The van der Waals surface area contributed by atoms with E-state index in [1.807, 2.05) is 27.2 Å². The Hall–Kier alpha value is -1.02. The molecule has 0 saturated carbocycles. The number of aliphatic hydroxyl groups is 1. The molecule has 0 saturated heterocycles. The highest BCUT2D eigenvalue weighted by molar-refractivity contribution is 7.45. The third kappa shape index (κ3) is 70.4. The van der Waals surface area contributed by atoms with Gasteiger partial charge in [-0.25, -0.2) is 0 Å². The summed E-state index contributed by atoms with van der Waals surface area (Å²) in [4.78, 5) is 25.7. The van der Waals surface area contributed by atoms with Crippen LogP contribution in [0.5, 0.6) is 0 Å². The molecule has 3 atom stereocenters. The summed E-state index contributed by atoms with van der Waals surface area (Å²) >= 11 is 0. The van der Waals surface area contributed by atoms with Gasteiger partial charge in [-0.3, -0.25) is 9.36 Å². The van der Waals surface area contributed by atoms with Crippen LogP contribution < -0.4 is 10.2 Å². The van der Waals surface area contributed by atoms with E-state index in [0.29, 0.717) is 17.4 Å². The lowest BCUT2D eigenvalue weighted by molar-refractivity contribution is -0.870. The predicted molar refractivity (Wildman–Crippen MR) is 376 cm³/mol. The van der Waals surface area contributed by atoms with Gasteiger partial charge in [0.05, 0.1) is 39.9 Å². The van der Waals surface area contributed by atoms with E-state index in [1.165, 1.54) is 353 Å². The molecule has 0 aromatic rings. The predicted octanol–water partition coefficient (Wildman–Crippen LogP) is 24.4. The largest absolute Gasteiger partial charge is 0.756 e. The maximum Gasteiger partial charge on any atom is 0.268 e. The first kappa shape index (κ1) is 85.0. The highest BCUT2D eigenvalue weighted by atomic mass is 31.2. The summed E-state index contributed by atoms with van der Waals surface area (Å²) in [5.41, 5.74) is 0. The number of nitrogens with zero attached hydrogens (tertiary/aromatic N) is 1. The van der Waals surface area contributed by atoms with Gasteiger partial charge >= 0.3 is 0 Å². The quantitative estimate of drug-likeness (QED) is 0.0272. The second kappa shape index (κ2) is 68.3. The molecule has 0 fully saturated rings. The van der Waals surface area contributed by atoms with Crippen LogP contribution in [0.3, 0.4) is 0 Å². The summed E-state index contributed by atoms with van der Waals surface area (Å²) in [5.74, 6) is -0.187. The Morgan fingerprint density at radius 3 is 0.907 bits per heavy atom. The van der Waals surface area contributed by atoms with Gasteiger partial charge in [-0.05, 0) is 44.9 Å². The van der Waals surface area contributed by atoms with E-state index in [-0.39, 0.29) is 19.1 Å². The van der Waals surface area contributed by atoms with Crippen molar-refractivity contribution in [3.05, 3.63) is 24.3 Å². The topological polar surface area (TPSA) is 108 Å². The minimum absolute atomic E-state index is 0.00237. The molecule has 0 radical (unpaired) electrons. The van der Waals surface area contributed by atoms with Crippen LogP contribution in [0.4, 0.5) is 0 Å². The number of carbonyl (C=O) groups is 1. The van der Waals surface area contributed by atoms with Crippen molar-refractivity contribution in [2.75, 3.05) is 40.9 Å². The molecule has 512 valence electrons. The number of carbonyl (C=O) groups excluding carboxylic acids is 1. The Morgan fingerprint density at radius 1 is 0.395 bits per heavy atom. The first-order valence-electron chi connectivity index (χ1n) is 38.7. The van der Waals surface area contributed by atoms with Gasteiger partial charge in [0.15, 0.2) is 0 Å². The highest BCUT2D eigenvalue weighted by Crippen LogP contribution is 2.38. The Bertz CT molecular complexity index is 1450. The van der Waals surface area contributed by atoms with E-state index in [9.17, 15) is 19.4 Å². The van der Waals surface area contributed by atoms with Gasteiger partial charge in [0, 0.05) is 6.42 Å². The van der Waals surface area contributed by atoms with Gasteiger partial charge < -0.3 is 28.8 Å².